The van der Waals surface area contributed by atoms with E-state index in [1.807, 2.05) is 63.2 Å². The Morgan fingerprint density at radius 2 is 1.83 bits per heavy atom. The Labute approximate surface area is 206 Å². The number of carbonyl (C=O) groups is 1. The number of pyridine rings is 2. The molecule has 35 heavy (non-hydrogen) atoms. The third kappa shape index (κ3) is 7.77. The van der Waals surface area contributed by atoms with E-state index < -0.39 is 5.60 Å². The highest BCUT2D eigenvalue weighted by molar-refractivity contribution is 5.70. The van der Waals surface area contributed by atoms with E-state index in [1.165, 1.54) is 0 Å². The summed E-state index contributed by atoms with van der Waals surface area (Å²) in [6.07, 6.45) is 2.02. The van der Waals surface area contributed by atoms with E-state index in [2.05, 4.69) is 9.97 Å². The minimum absolute atomic E-state index is 0.0893. The number of benzene rings is 1. The number of hydrogen-bond donors (Lipinski definition) is 2. The number of rotatable bonds is 4. The summed E-state index contributed by atoms with van der Waals surface area (Å²) in [6.45, 7) is 6.69. The van der Waals surface area contributed by atoms with Gasteiger partial charge in [-0.1, -0.05) is 12.1 Å². The standard InChI is InChI=1S/C21H27N3O4.C5H6N2/c1-21(2,3)28-20(25)24-11-10-15(13-24)27-14-8-9-16(18(12-14)26-4)17-6-5-7-19(22)23-17;6-5-3-1-2-4-7-5/h5-9,12,15H,10-11,13H2,1-4H3,(H2,22,23);1-4H,(H2,6,7). The van der Waals surface area contributed by atoms with Gasteiger partial charge < -0.3 is 30.6 Å². The van der Waals surface area contributed by atoms with Crippen molar-refractivity contribution >= 4 is 17.7 Å². The van der Waals surface area contributed by atoms with Gasteiger partial charge in [-0.2, -0.15) is 0 Å². The van der Waals surface area contributed by atoms with Crippen LogP contribution in [0.4, 0.5) is 16.4 Å². The van der Waals surface area contributed by atoms with Crippen molar-refractivity contribution in [1.82, 2.24) is 14.9 Å². The highest BCUT2D eigenvalue weighted by atomic mass is 16.6. The molecule has 1 saturated heterocycles. The van der Waals surface area contributed by atoms with Crippen LogP contribution in [0.25, 0.3) is 11.3 Å². The molecule has 1 aliphatic heterocycles. The van der Waals surface area contributed by atoms with Crippen LogP contribution < -0.4 is 20.9 Å². The molecule has 0 spiro atoms. The van der Waals surface area contributed by atoms with Gasteiger partial charge in [0.05, 0.1) is 19.3 Å². The third-order valence-electron chi connectivity index (χ3n) is 5.01. The van der Waals surface area contributed by atoms with Crippen molar-refractivity contribution in [3.05, 3.63) is 60.8 Å². The molecule has 1 unspecified atom stereocenters. The zero-order chi connectivity index (χ0) is 25.4. The molecule has 0 saturated carbocycles. The maximum Gasteiger partial charge on any atom is 0.410 e. The first-order valence-electron chi connectivity index (χ1n) is 11.4. The molecule has 3 aromatic rings. The number of likely N-dealkylation sites (tertiary alicyclic amines) is 1. The zero-order valence-electron chi connectivity index (χ0n) is 20.6. The number of nitrogens with zero attached hydrogens (tertiary/aromatic N) is 3. The Hall–Kier alpha value is -4.01. The lowest BCUT2D eigenvalue weighted by molar-refractivity contribution is 0.0275. The van der Waals surface area contributed by atoms with Gasteiger partial charge in [0.1, 0.15) is 34.8 Å². The SMILES string of the molecule is COc1cc(OC2CCN(C(=O)OC(C)(C)C)C2)ccc1-c1cccc(N)n1.Nc1ccccn1. The summed E-state index contributed by atoms with van der Waals surface area (Å²) in [7, 11) is 1.61. The normalized spacial score (nSPS) is 15.1. The van der Waals surface area contributed by atoms with Gasteiger partial charge in [-0.15, -0.1) is 0 Å². The summed E-state index contributed by atoms with van der Waals surface area (Å²) in [6, 6.07) is 16.5. The van der Waals surface area contributed by atoms with E-state index in [9.17, 15) is 4.79 Å². The average molecular weight is 480 g/mol. The molecule has 1 aromatic carbocycles. The van der Waals surface area contributed by atoms with Gasteiger partial charge in [-0.25, -0.2) is 14.8 Å². The molecule has 1 fully saturated rings. The van der Waals surface area contributed by atoms with Crippen molar-refractivity contribution in [3.8, 4) is 22.8 Å². The van der Waals surface area contributed by atoms with Crippen LogP contribution in [0.3, 0.4) is 0 Å². The van der Waals surface area contributed by atoms with Crippen LogP contribution in [0.5, 0.6) is 11.5 Å². The maximum atomic E-state index is 12.2. The van der Waals surface area contributed by atoms with E-state index >= 15 is 0 Å². The second-order valence-electron chi connectivity index (χ2n) is 9.02. The van der Waals surface area contributed by atoms with Crippen molar-refractivity contribution in [1.29, 1.82) is 0 Å². The van der Waals surface area contributed by atoms with E-state index in [0.29, 0.717) is 36.2 Å². The number of ether oxygens (including phenoxy) is 3. The number of amides is 1. The Morgan fingerprint density at radius 3 is 2.43 bits per heavy atom. The van der Waals surface area contributed by atoms with Gasteiger partial charge in [0.15, 0.2) is 0 Å². The Morgan fingerprint density at radius 1 is 1.06 bits per heavy atom. The van der Waals surface area contributed by atoms with E-state index in [-0.39, 0.29) is 12.2 Å². The average Bonchev–Trinajstić information content (AvgIpc) is 3.27. The Balaban J connectivity index is 0.000000420. The van der Waals surface area contributed by atoms with Crippen molar-refractivity contribution in [2.75, 3.05) is 31.7 Å². The number of nitrogens with two attached hydrogens (primary N) is 2. The van der Waals surface area contributed by atoms with Crippen molar-refractivity contribution in [3.63, 3.8) is 0 Å². The number of methoxy groups -OCH3 is 1. The molecule has 9 nitrogen and oxygen atoms in total. The van der Waals surface area contributed by atoms with Crippen LogP contribution in [-0.4, -0.2) is 52.9 Å². The Kier molecular flexibility index (Phi) is 8.35. The smallest absolute Gasteiger partial charge is 0.410 e. The molecule has 3 heterocycles. The zero-order valence-corrected chi connectivity index (χ0v) is 20.6. The fourth-order valence-electron chi connectivity index (χ4n) is 3.44. The van der Waals surface area contributed by atoms with E-state index in [4.69, 9.17) is 25.7 Å². The highest BCUT2D eigenvalue weighted by Crippen LogP contribution is 2.33. The largest absolute Gasteiger partial charge is 0.496 e. The van der Waals surface area contributed by atoms with Crippen LogP contribution in [0, 0.1) is 0 Å². The predicted octanol–water partition coefficient (Wildman–Crippen LogP) is 4.39. The van der Waals surface area contributed by atoms with Crippen LogP contribution in [0.1, 0.15) is 27.2 Å². The molecule has 0 aliphatic carbocycles. The summed E-state index contributed by atoms with van der Waals surface area (Å²) in [4.78, 5) is 22.0. The predicted molar refractivity (Wildman–Crippen MR) is 136 cm³/mol. The minimum Gasteiger partial charge on any atom is -0.496 e. The van der Waals surface area contributed by atoms with Crippen LogP contribution in [-0.2, 0) is 4.74 Å². The molecule has 186 valence electrons. The summed E-state index contributed by atoms with van der Waals surface area (Å²) in [5.41, 5.74) is 12.1. The number of hydrogen-bond acceptors (Lipinski definition) is 8. The third-order valence-corrected chi connectivity index (χ3v) is 5.01. The van der Waals surface area contributed by atoms with Gasteiger partial charge in [-0.05, 0) is 57.2 Å². The summed E-state index contributed by atoms with van der Waals surface area (Å²) in [5, 5.41) is 0. The molecule has 4 N–H and O–H groups in total. The fraction of sp³-hybridized carbons (Fsp3) is 0.346. The number of anilines is 2. The second kappa shape index (κ2) is 11.4. The summed E-state index contributed by atoms with van der Waals surface area (Å²) in [5.74, 6) is 2.36. The number of carbonyl (C=O) groups excluding carboxylic acids is 1. The first-order chi connectivity index (χ1) is 16.6. The maximum absolute atomic E-state index is 12.2. The van der Waals surface area contributed by atoms with Crippen LogP contribution >= 0.6 is 0 Å². The van der Waals surface area contributed by atoms with Crippen LogP contribution in [0.15, 0.2) is 60.8 Å². The molecule has 1 amide bonds. The van der Waals surface area contributed by atoms with Gasteiger partial charge in [0.25, 0.3) is 0 Å². The van der Waals surface area contributed by atoms with Crippen molar-refractivity contribution < 1.29 is 19.0 Å². The fourth-order valence-corrected chi connectivity index (χ4v) is 3.44. The highest BCUT2D eigenvalue weighted by Gasteiger charge is 2.31. The Bertz CT molecular complexity index is 1120. The molecule has 1 atom stereocenters. The van der Waals surface area contributed by atoms with Gasteiger partial charge >= 0.3 is 6.09 Å². The van der Waals surface area contributed by atoms with Gasteiger partial charge in [0, 0.05) is 30.8 Å². The topological polar surface area (TPSA) is 126 Å². The molecular formula is C26H33N5O4. The minimum atomic E-state index is -0.506. The lowest BCUT2D eigenvalue weighted by Crippen LogP contribution is -2.36. The summed E-state index contributed by atoms with van der Waals surface area (Å²) >= 11 is 0. The molecule has 2 aromatic heterocycles. The summed E-state index contributed by atoms with van der Waals surface area (Å²) < 4.78 is 17.0. The molecule has 0 radical (unpaired) electrons. The van der Waals surface area contributed by atoms with Crippen molar-refractivity contribution in [2.24, 2.45) is 0 Å². The second-order valence-corrected chi connectivity index (χ2v) is 9.02. The molecule has 1 aliphatic rings. The van der Waals surface area contributed by atoms with Crippen molar-refractivity contribution in [2.45, 2.75) is 38.9 Å². The van der Waals surface area contributed by atoms with E-state index in [0.717, 1.165) is 17.7 Å². The molecular weight excluding hydrogens is 446 g/mol. The lowest BCUT2D eigenvalue weighted by Gasteiger charge is -2.24. The quantitative estimate of drug-likeness (QED) is 0.564. The van der Waals surface area contributed by atoms with Gasteiger partial charge in [0.2, 0.25) is 0 Å². The monoisotopic (exact) mass is 479 g/mol. The first kappa shape index (κ1) is 25.6. The molecule has 4 rings (SSSR count). The lowest BCUT2D eigenvalue weighted by atomic mass is 10.1. The number of aromatic nitrogens is 2. The first-order valence-corrected chi connectivity index (χ1v) is 11.4. The van der Waals surface area contributed by atoms with E-state index in [1.54, 1.807) is 30.3 Å². The molecule has 0 bridgehead atoms. The van der Waals surface area contributed by atoms with Gasteiger partial charge in [-0.3, -0.25) is 0 Å². The molecule has 9 heteroatoms. The van der Waals surface area contributed by atoms with Crippen LogP contribution in [0.2, 0.25) is 0 Å². The number of nitrogen functional groups attached to an aromatic ring is 2.